The van der Waals surface area contributed by atoms with Crippen LogP contribution in [0.15, 0.2) is 48.5 Å². The maximum Gasteiger partial charge on any atom is 0.241 e. The second-order valence-corrected chi connectivity index (χ2v) is 6.77. The van der Waals surface area contributed by atoms with Gasteiger partial charge in [-0.15, -0.1) is 12.4 Å². The van der Waals surface area contributed by atoms with Gasteiger partial charge in [-0.1, -0.05) is 30.3 Å². The fraction of sp³-hybridized carbons (Fsp3) is 0.263. The van der Waals surface area contributed by atoms with Gasteiger partial charge in [0.15, 0.2) is 0 Å². The predicted octanol–water partition coefficient (Wildman–Crippen LogP) is 3.45. The van der Waals surface area contributed by atoms with Crippen molar-refractivity contribution in [1.82, 2.24) is 0 Å². The standard InChI is InChI=1S/C19H22FN3O2S.ClH/c1-26-10-9-16(21)19(25)22-14-7-8-15(20)17(12-14)23-18(24)11-13-5-3-2-4-6-13;/h2-8,12,16H,9-11,21H2,1H3,(H,22,25)(H,23,24);1H/t16-;/m0./s1. The van der Waals surface area contributed by atoms with Crippen LogP contribution in [0.3, 0.4) is 0 Å². The van der Waals surface area contributed by atoms with E-state index in [4.69, 9.17) is 5.73 Å². The zero-order valence-corrected chi connectivity index (χ0v) is 16.5. The predicted molar refractivity (Wildman–Crippen MR) is 112 cm³/mol. The molecule has 0 fully saturated rings. The van der Waals surface area contributed by atoms with Gasteiger partial charge in [0.05, 0.1) is 18.2 Å². The molecule has 0 aliphatic carbocycles. The molecule has 0 heterocycles. The molecule has 146 valence electrons. The topological polar surface area (TPSA) is 84.2 Å². The van der Waals surface area contributed by atoms with E-state index in [1.165, 1.54) is 18.2 Å². The highest BCUT2D eigenvalue weighted by atomic mass is 35.5. The van der Waals surface area contributed by atoms with Crippen molar-refractivity contribution in [2.75, 3.05) is 22.6 Å². The fourth-order valence-electron chi connectivity index (χ4n) is 2.29. The molecule has 2 rings (SSSR count). The van der Waals surface area contributed by atoms with Crippen LogP contribution in [0.1, 0.15) is 12.0 Å². The van der Waals surface area contributed by atoms with Gasteiger partial charge in [0.2, 0.25) is 11.8 Å². The molecular formula is C19H23ClFN3O2S. The zero-order valence-electron chi connectivity index (χ0n) is 14.9. The molecule has 2 amide bonds. The second kappa shape index (κ2) is 11.6. The van der Waals surface area contributed by atoms with Crippen LogP contribution in [-0.4, -0.2) is 29.9 Å². The Morgan fingerprint density at radius 3 is 2.52 bits per heavy atom. The Bertz CT molecular complexity index is 762. The molecule has 0 spiro atoms. The normalized spacial score (nSPS) is 11.2. The number of benzene rings is 2. The molecule has 0 aliphatic rings. The van der Waals surface area contributed by atoms with E-state index in [-0.39, 0.29) is 36.3 Å². The van der Waals surface area contributed by atoms with Crippen LogP contribution in [-0.2, 0) is 16.0 Å². The van der Waals surface area contributed by atoms with Gasteiger partial charge in [-0.05, 0) is 42.2 Å². The van der Waals surface area contributed by atoms with Crippen molar-refractivity contribution in [1.29, 1.82) is 0 Å². The first-order chi connectivity index (χ1) is 12.5. The molecular weight excluding hydrogens is 389 g/mol. The Hall–Kier alpha value is -2.09. The zero-order chi connectivity index (χ0) is 18.9. The van der Waals surface area contributed by atoms with E-state index in [1.54, 1.807) is 11.8 Å². The summed E-state index contributed by atoms with van der Waals surface area (Å²) in [6.45, 7) is 0. The lowest BCUT2D eigenvalue weighted by molar-refractivity contribution is -0.117. The van der Waals surface area contributed by atoms with E-state index >= 15 is 0 Å². The third-order valence-corrected chi connectivity index (χ3v) is 4.33. The van der Waals surface area contributed by atoms with Crippen molar-refractivity contribution in [2.24, 2.45) is 5.73 Å². The van der Waals surface area contributed by atoms with Crippen molar-refractivity contribution < 1.29 is 14.0 Å². The van der Waals surface area contributed by atoms with Crippen LogP contribution in [0, 0.1) is 5.82 Å². The van der Waals surface area contributed by atoms with E-state index in [9.17, 15) is 14.0 Å². The number of carbonyl (C=O) groups excluding carboxylic acids is 2. The highest BCUT2D eigenvalue weighted by molar-refractivity contribution is 7.98. The highest BCUT2D eigenvalue weighted by Gasteiger charge is 2.14. The summed E-state index contributed by atoms with van der Waals surface area (Å²) in [7, 11) is 0. The first kappa shape index (κ1) is 23.0. The van der Waals surface area contributed by atoms with Crippen LogP contribution in [0.2, 0.25) is 0 Å². The van der Waals surface area contributed by atoms with Crippen molar-refractivity contribution in [3.05, 3.63) is 59.9 Å². The first-order valence-electron chi connectivity index (χ1n) is 8.18. The molecule has 2 aromatic carbocycles. The summed E-state index contributed by atoms with van der Waals surface area (Å²) in [6, 6.07) is 12.5. The van der Waals surface area contributed by atoms with Gasteiger partial charge in [0, 0.05) is 5.69 Å². The summed E-state index contributed by atoms with van der Waals surface area (Å²) in [6.07, 6.45) is 2.63. The molecule has 0 saturated heterocycles. The maximum absolute atomic E-state index is 14.0. The SMILES string of the molecule is CSCC[C@H](N)C(=O)Nc1ccc(F)c(NC(=O)Cc2ccccc2)c1.Cl. The van der Waals surface area contributed by atoms with E-state index in [2.05, 4.69) is 10.6 Å². The van der Waals surface area contributed by atoms with Crippen LogP contribution in [0.25, 0.3) is 0 Å². The minimum absolute atomic E-state index is 0. The van der Waals surface area contributed by atoms with E-state index in [0.717, 1.165) is 11.3 Å². The van der Waals surface area contributed by atoms with E-state index in [0.29, 0.717) is 12.1 Å². The molecule has 1 atom stereocenters. The van der Waals surface area contributed by atoms with Crippen LogP contribution in [0.5, 0.6) is 0 Å². The lowest BCUT2D eigenvalue weighted by atomic mass is 10.1. The molecule has 0 radical (unpaired) electrons. The van der Waals surface area contributed by atoms with Gasteiger partial charge in [-0.2, -0.15) is 11.8 Å². The average molecular weight is 412 g/mol. The number of nitrogens with one attached hydrogen (secondary N) is 2. The first-order valence-corrected chi connectivity index (χ1v) is 9.57. The second-order valence-electron chi connectivity index (χ2n) is 5.78. The quantitative estimate of drug-likeness (QED) is 0.621. The van der Waals surface area contributed by atoms with Gasteiger partial charge in [0.1, 0.15) is 5.82 Å². The molecule has 27 heavy (non-hydrogen) atoms. The number of nitrogens with two attached hydrogens (primary N) is 1. The fourth-order valence-corrected chi connectivity index (χ4v) is 2.77. The summed E-state index contributed by atoms with van der Waals surface area (Å²) in [5.74, 6) is -0.475. The van der Waals surface area contributed by atoms with E-state index < -0.39 is 11.9 Å². The number of rotatable bonds is 8. The number of anilines is 2. The summed E-state index contributed by atoms with van der Waals surface area (Å²) in [5, 5.41) is 5.19. The monoisotopic (exact) mass is 411 g/mol. The van der Waals surface area contributed by atoms with Crippen LogP contribution < -0.4 is 16.4 Å². The molecule has 0 saturated carbocycles. The number of carbonyl (C=O) groups is 2. The molecule has 8 heteroatoms. The third kappa shape index (κ3) is 7.58. The van der Waals surface area contributed by atoms with Crippen molar-refractivity contribution in [3.8, 4) is 0 Å². The molecule has 0 aliphatic heterocycles. The molecule has 5 nitrogen and oxygen atoms in total. The largest absolute Gasteiger partial charge is 0.325 e. The summed E-state index contributed by atoms with van der Waals surface area (Å²) >= 11 is 1.61. The summed E-state index contributed by atoms with van der Waals surface area (Å²) < 4.78 is 14.0. The van der Waals surface area contributed by atoms with Gasteiger partial charge >= 0.3 is 0 Å². The number of hydrogen-bond acceptors (Lipinski definition) is 4. The number of thioether (sulfide) groups is 1. The lowest BCUT2D eigenvalue weighted by Crippen LogP contribution is -2.36. The number of halogens is 2. The van der Waals surface area contributed by atoms with E-state index in [1.807, 2.05) is 36.6 Å². The lowest BCUT2D eigenvalue weighted by Gasteiger charge is -2.13. The smallest absolute Gasteiger partial charge is 0.241 e. The van der Waals surface area contributed by atoms with Gasteiger partial charge in [0.25, 0.3) is 0 Å². The van der Waals surface area contributed by atoms with Crippen LogP contribution in [0.4, 0.5) is 15.8 Å². The maximum atomic E-state index is 14.0. The minimum Gasteiger partial charge on any atom is -0.325 e. The highest BCUT2D eigenvalue weighted by Crippen LogP contribution is 2.20. The Morgan fingerprint density at radius 2 is 1.85 bits per heavy atom. The van der Waals surface area contributed by atoms with Gasteiger partial charge < -0.3 is 16.4 Å². The summed E-state index contributed by atoms with van der Waals surface area (Å²) in [4.78, 5) is 24.2. The molecule has 2 aromatic rings. The minimum atomic E-state index is -0.636. The Balaban J connectivity index is 0.00000364. The Kier molecular flexibility index (Phi) is 9.85. The molecule has 0 bridgehead atoms. The van der Waals surface area contributed by atoms with Crippen molar-refractivity contribution in [3.63, 3.8) is 0 Å². The van der Waals surface area contributed by atoms with Crippen LogP contribution >= 0.6 is 24.2 Å². The van der Waals surface area contributed by atoms with Crippen molar-refractivity contribution in [2.45, 2.75) is 18.9 Å². The summed E-state index contributed by atoms with van der Waals surface area (Å²) in [5.41, 5.74) is 7.04. The third-order valence-electron chi connectivity index (χ3n) is 3.69. The number of hydrogen-bond donors (Lipinski definition) is 3. The Morgan fingerprint density at radius 1 is 1.15 bits per heavy atom. The number of amides is 2. The van der Waals surface area contributed by atoms with Gasteiger partial charge in [-0.3, -0.25) is 9.59 Å². The Labute approximate surface area is 168 Å². The average Bonchev–Trinajstić information content (AvgIpc) is 2.63. The molecule has 0 aromatic heterocycles. The van der Waals surface area contributed by atoms with Crippen molar-refractivity contribution >= 4 is 47.4 Å². The molecule has 0 unspecified atom stereocenters. The molecule has 4 N–H and O–H groups in total. The van der Waals surface area contributed by atoms with Gasteiger partial charge in [-0.25, -0.2) is 4.39 Å².